The molecule has 5 nitrogen and oxygen atoms in total. The Morgan fingerprint density at radius 2 is 2.06 bits per heavy atom. The molecule has 0 bridgehead atoms. The number of rotatable bonds is 2. The zero-order valence-electron chi connectivity index (χ0n) is 9.79. The molecule has 1 heterocycles. The Bertz CT molecular complexity index is 647. The van der Waals surface area contributed by atoms with Gasteiger partial charge in [0.25, 0.3) is 5.56 Å². The van der Waals surface area contributed by atoms with Crippen molar-refractivity contribution in [3.8, 4) is 5.69 Å². The Hall–Kier alpha value is -2.56. The predicted octanol–water partition coefficient (Wildman–Crippen LogP) is 1.21. The van der Waals surface area contributed by atoms with Gasteiger partial charge in [-0.3, -0.25) is 9.36 Å². The molecule has 0 saturated heterocycles. The molecule has 0 amide bonds. The van der Waals surface area contributed by atoms with E-state index in [1.807, 2.05) is 0 Å². The lowest BCUT2D eigenvalue weighted by Gasteiger charge is -2.07. The first-order chi connectivity index (χ1) is 8.63. The van der Waals surface area contributed by atoms with Gasteiger partial charge in [-0.25, -0.2) is 4.79 Å². The number of carbonyl (C=O) groups is 1. The van der Waals surface area contributed by atoms with E-state index in [9.17, 15) is 9.59 Å². The van der Waals surface area contributed by atoms with Gasteiger partial charge in [0.2, 0.25) is 0 Å². The Morgan fingerprint density at radius 1 is 1.28 bits per heavy atom. The number of nitrogens with two attached hydrogens (primary N) is 1. The Labute approximate surface area is 103 Å². The van der Waals surface area contributed by atoms with Gasteiger partial charge in [-0.15, -0.1) is 0 Å². The minimum absolute atomic E-state index is 0.154. The number of hydrogen-bond donors (Lipinski definition) is 1. The van der Waals surface area contributed by atoms with Gasteiger partial charge in [0.05, 0.1) is 18.4 Å². The minimum Gasteiger partial charge on any atom is -0.465 e. The number of methoxy groups -OCH3 is 1. The standard InChI is InChI=1S/C13H12N2O3/c1-18-13(17)9-4-2-5-10(8-9)15-7-3-6-11(14)12(15)16/h2-8H,14H2,1H3. The highest BCUT2D eigenvalue weighted by atomic mass is 16.5. The van der Waals surface area contributed by atoms with E-state index >= 15 is 0 Å². The zero-order chi connectivity index (χ0) is 13.1. The van der Waals surface area contributed by atoms with Crippen LogP contribution in [-0.4, -0.2) is 17.6 Å². The Kier molecular flexibility index (Phi) is 3.14. The van der Waals surface area contributed by atoms with Crippen LogP contribution < -0.4 is 11.3 Å². The van der Waals surface area contributed by atoms with Crippen LogP contribution in [0.5, 0.6) is 0 Å². The molecule has 18 heavy (non-hydrogen) atoms. The number of benzene rings is 1. The molecule has 0 atom stereocenters. The zero-order valence-corrected chi connectivity index (χ0v) is 9.79. The van der Waals surface area contributed by atoms with E-state index in [1.165, 1.54) is 17.7 Å². The van der Waals surface area contributed by atoms with Crippen LogP contribution in [0.15, 0.2) is 47.4 Å². The summed E-state index contributed by atoms with van der Waals surface area (Å²) < 4.78 is 6.01. The summed E-state index contributed by atoms with van der Waals surface area (Å²) in [5.74, 6) is -0.450. The third-order valence-electron chi connectivity index (χ3n) is 2.52. The lowest BCUT2D eigenvalue weighted by Crippen LogP contribution is -2.20. The fourth-order valence-electron chi connectivity index (χ4n) is 1.61. The van der Waals surface area contributed by atoms with Gasteiger partial charge < -0.3 is 10.5 Å². The largest absolute Gasteiger partial charge is 0.465 e. The van der Waals surface area contributed by atoms with Crippen molar-refractivity contribution in [2.75, 3.05) is 12.8 Å². The lowest BCUT2D eigenvalue weighted by molar-refractivity contribution is 0.0600. The molecule has 92 valence electrons. The average molecular weight is 244 g/mol. The monoisotopic (exact) mass is 244 g/mol. The van der Waals surface area contributed by atoms with Crippen LogP contribution >= 0.6 is 0 Å². The van der Waals surface area contributed by atoms with Gasteiger partial charge in [0.15, 0.2) is 0 Å². The van der Waals surface area contributed by atoms with Crippen molar-refractivity contribution in [3.63, 3.8) is 0 Å². The summed E-state index contributed by atoms with van der Waals surface area (Å²) >= 11 is 0. The van der Waals surface area contributed by atoms with Gasteiger partial charge in [-0.05, 0) is 30.3 Å². The first kappa shape index (κ1) is 11.9. The predicted molar refractivity (Wildman–Crippen MR) is 67.8 cm³/mol. The first-order valence-corrected chi connectivity index (χ1v) is 5.29. The van der Waals surface area contributed by atoms with E-state index in [1.54, 1.807) is 36.5 Å². The summed E-state index contributed by atoms with van der Waals surface area (Å²) in [4.78, 5) is 23.3. The molecule has 5 heteroatoms. The van der Waals surface area contributed by atoms with Crippen molar-refractivity contribution in [3.05, 3.63) is 58.5 Å². The van der Waals surface area contributed by atoms with Gasteiger partial charge in [0.1, 0.15) is 0 Å². The maximum Gasteiger partial charge on any atom is 0.337 e. The van der Waals surface area contributed by atoms with Crippen molar-refractivity contribution >= 4 is 11.7 Å². The van der Waals surface area contributed by atoms with E-state index in [2.05, 4.69) is 4.74 Å². The van der Waals surface area contributed by atoms with Crippen LogP contribution in [0.3, 0.4) is 0 Å². The van der Waals surface area contributed by atoms with Crippen LogP contribution in [0, 0.1) is 0 Å². The molecule has 0 unspecified atom stereocenters. The second-order valence-electron chi connectivity index (χ2n) is 3.68. The number of aromatic nitrogens is 1. The fraction of sp³-hybridized carbons (Fsp3) is 0.0769. The number of pyridine rings is 1. The van der Waals surface area contributed by atoms with Crippen molar-refractivity contribution < 1.29 is 9.53 Å². The molecule has 0 aliphatic heterocycles. The van der Waals surface area contributed by atoms with Crippen molar-refractivity contribution in [1.82, 2.24) is 4.57 Å². The third kappa shape index (κ3) is 2.10. The second kappa shape index (κ2) is 4.75. The average Bonchev–Trinajstić information content (AvgIpc) is 2.41. The number of esters is 1. The smallest absolute Gasteiger partial charge is 0.337 e. The van der Waals surface area contributed by atoms with Crippen LogP contribution in [0.4, 0.5) is 5.69 Å². The van der Waals surface area contributed by atoms with E-state index < -0.39 is 5.97 Å². The molecular formula is C13H12N2O3. The summed E-state index contributed by atoms with van der Waals surface area (Å²) in [5.41, 5.74) is 6.33. The normalized spacial score (nSPS) is 10.1. The summed E-state index contributed by atoms with van der Waals surface area (Å²) in [6.07, 6.45) is 1.59. The maximum absolute atomic E-state index is 11.8. The van der Waals surface area contributed by atoms with E-state index in [0.29, 0.717) is 11.3 Å². The number of nitrogen functional groups attached to an aromatic ring is 1. The molecule has 1 aromatic carbocycles. The number of carbonyl (C=O) groups excluding carboxylic acids is 1. The highest BCUT2D eigenvalue weighted by Crippen LogP contribution is 2.10. The third-order valence-corrected chi connectivity index (χ3v) is 2.52. The molecule has 0 aliphatic rings. The van der Waals surface area contributed by atoms with E-state index in [-0.39, 0.29) is 11.2 Å². The summed E-state index contributed by atoms with van der Waals surface area (Å²) in [5, 5.41) is 0. The molecule has 2 rings (SSSR count). The van der Waals surface area contributed by atoms with Crippen molar-refractivity contribution in [2.24, 2.45) is 0 Å². The highest BCUT2D eigenvalue weighted by Gasteiger charge is 2.07. The topological polar surface area (TPSA) is 74.3 Å². The number of hydrogen-bond acceptors (Lipinski definition) is 4. The van der Waals surface area contributed by atoms with Crippen LogP contribution in [-0.2, 0) is 4.74 Å². The molecule has 0 fully saturated rings. The van der Waals surface area contributed by atoms with E-state index in [4.69, 9.17) is 5.73 Å². The van der Waals surface area contributed by atoms with Gasteiger partial charge in [-0.1, -0.05) is 6.07 Å². The molecule has 0 spiro atoms. The Morgan fingerprint density at radius 3 is 2.78 bits per heavy atom. The van der Waals surface area contributed by atoms with Gasteiger partial charge in [0, 0.05) is 11.9 Å². The summed E-state index contributed by atoms with van der Waals surface area (Å²) in [6, 6.07) is 9.79. The second-order valence-corrected chi connectivity index (χ2v) is 3.68. The van der Waals surface area contributed by atoms with E-state index in [0.717, 1.165) is 0 Å². The molecule has 1 aromatic heterocycles. The summed E-state index contributed by atoms with van der Waals surface area (Å²) in [6.45, 7) is 0. The molecule has 0 aliphatic carbocycles. The molecule has 0 radical (unpaired) electrons. The molecule has 2 N–H and O–H groups in total. The van der Waals surface area contributed by atoms with Gasteiger partial charge in [-0.2, -0.15) is 0 Å². The highest BCUT2D eigenvalue weighted by molar-refractivity contribution is 5.89. The Balaban J connectivity index is 2.55. The summed E-state index contributed by atoms with van der Waals surface area (Å²) in [7, 11) is 1.31. The maximum atomic E-state index is 11.8. The number of nitrogens with zero attached hydrogens (tertiary/aromatic N) is 1. The van der Waals surface area contributed by atoms with Crippen LogP contribution in [0.25, 0.3) is 5.69 Å². The first-order valence-electron chi connectivity index (χ1n) is 5.29. The molecule has 0 saturated carbocycles. The molecular weight excluding hydrogens is 232 g/mol. The van der Waals surface area contributed by atoms with Crippen molar-refractivity contribution in [2.45, 2.75) is 0 Å². The van der Waals surface area contributed by atoms with Gasteiger partial charge >= 0.3 is 5.97 Å². The SMILES string of the molecule is COC(=O)c1cccc(-n2cccc(N)c2=O)c1. The number of ether oxygens (including phenoxy) is 1. The lowest BCUT2D eigenvalue weighted by atomic mass is 10.2. The van der Waals surface area contributed by atoms with Crippen molar-refractivity contribution in [1.29, 1.82) is 0 Å². The quantitative estimate of drug-likeness (QED) is 0.806. The number of anilines is 1. The molecule has 2 aromatic rings. The van der Waals surface area contributed by atoms with Crippen LogP contribution in [0.1, 0.15) is 10.4 Å². The fourth-order valence-corrected chi connectivity index (χ4v) is 1.61. The minimum atomic E-state index is -0.450. The van der Waals surface area contributed by atoms with Crippen LogP contribution in [0.2, 0.25) is 0 Å².